The number of carbonyl (C=O) groups excluding carboxylic acids is 4. The van der Waals surface area contributed by atoms with Gasteiger partial charge in [0.1, 0.15) is 11.6 Å². The molecular weight excluding hydrogens is 427 g/mol. The van der Waals surface area contributed by atoms with Crippen molar-refractivity contribution in [2.75, 3.05) is 16.3 Å². The van der Waals surface area contributed by atoms with Gasteiger partial charge in [0.2, 0.25) is 17.7 Å². The van der Waals surface area contributed by atoms with Gasteiger partial charge in [0.25, 0.3) is 0 Å². The van der Waals surface area contributed by atoms with Crippen molar-refractivity contribution in [1.82, 2.24) is 0 Å². The normalized spacial score (nSPS) is 24.9. The maximum absolute atomic E-state index is 13.1. The highest BCUT2D eigenvalue weighted by molar-refractivity contribution is 6.22. The summed E-state index contributed by atoms with van der Waals surface area (Å²) in [7, 11) is 0. The lowest BCUT2D eigenvalue weighted by Gasteiger charge is -2.19. The molecule has 1 aliphatic carbocycles. The topological polar surface area (TPSA) is 84.0 Å². The van der Waals surface area contributed by atoms with E-state index in [1.165, 1.54) is 34.1 Å². The minimum absolute atomic E-state index is 0.00779. The van der Waals surface area contributed by atoms with E-state index >= 15 is 0 Å². The first-order valence-corrected chi connectivity index (χ1v) is 11.2. The van der Waals surface area contributed by atoms with Crippen LogP contribution in [-0.2, 0) is 19.2 Å². The van der Waals surface area contributed by atoms with Gasteiger partial charge in [0.15, 0.2) is 0 Å². The third-order valence-electron chi connectivity index (χ3n) is 6.75. The zero-order valence-corrected chi connectivity index (χ0v) is 17.9. The smallest absolute Gasteiger partial charge is 0.316 e. The molecule has 0 unspecified atom stereocenters. The number of fused-ring (bicyclic) bond motifs is 1. The SMILES string of the molecule is O=C(Oc1ccc(N2C(=O)[C@@H]3CCCC[C@H]3C2=O)cc1)[C@@H]1CC(=O)N(c2ccc(F)cc2)C1. The van der Waals surface area contributed by atoms with Crippen LogP contribution in [0.1, 0.15) is 32.1 Å². The monoisotopic (exact) mass is 450 g/mol. The van der Waals surface area contributed by atoms with Crippen molar-refractivity contribution in [3.8, 4) is 5.75 Å². The molecule has 8 heteroatoms. The van der Waals surface area contributed by atoms with Crippen LogP contribution < -0.4 is 14.5 Å². The Morgan fingerprint density at radius 2 is 1.42 bits per heavy atom. The van der Waals surface area contributed by atoms with Crippen LogP contribution in [0.15, 0.2) is 48.5 Å². The molecule has 2 aromatic carbocycles. The third kappa shape index (κ3) is 3.90. The van der Waals surface area contributed by atoms with E-state index in [-0.39, 0.29) is 48.3 Å². The molecule has 0 N–H and O–H groups in total. The molecule has 2 saturated heterocycles. The number of benzene rings is 2. The number of ether oxygens (including phenoxy) is 1. The number of imide groups is 1. The molecular formula is C25H23FN2O5. The minimum Gasteiger partial charge on any atom is -0.426 e. The van der Waals surface area contributed by atoms with Gasteiger partial charge in [-0.3, -0.25) is 24.1 Å². The maximum Gasteiger partial charge on any atom is 0.316 e. The van der Waals surface area contributed by atoms with Gasteiger partial charge in [0.05, 0.1) is 23.4 Å². The molecule has 33 heavy (non-hydrogen) atoms. The van der Waals surface area contributed by atoms with E-state index < -0.39 is 17.7 Å². The first-order chi connectivity index (χ1) is 15.9. The second kappa shape index (κ2) is 8.42. The number of rotatable bonds is 4. The fourth-order valence-corrected chi connectivity index (χ4v) is 5.02. The fraction of sp³-hybridized carbons (Fsp3) is 0.360. The standard InChI is InChI=1S/C25H23FN2O5/c26-16-5-7-17(8-6-16)27-14-15(13-22(27)29)25(32)33-19-11-9-18(10-12-19)28-23(30)20-3-1-2-4-21(20)24(28)31/h5-12,15,20-21H,1-4,13-14H2/t15-,20-,21-/m1/s1. The van der Waals surface area contributed by atoms with E-state index in [2.05, 4.69) is 0 Å². The molecule has 2 aromatic rings. The Hall–Kier alpha value is -3.55. The summed E-state index contributed by atoms with van der Waals surface area (Å²) >= 11 is 0. The van der Waals surface area contributed by atoms with Crippen molar-refractivity contribution >= 4 is 35.1 Å². The molecule has 1 saturated carbocycles. The molecule has 2 aliphatic heterocycles. The van der Waals surface area contributed by atoms with Crippen LogP contribution in [0.2, 0.25) is 0 Å². The number of esters is 1. The van der Waals surface area contributed by atoms with E-state index in [0.29, 0.717) is 11.4 Å². The van der Waals surface area contributed by atoms with Crippen molar-refractivity contribution in [2.24, 2.45) is 17.8 Å². The number of hydrogen-bond acceptors (Lipinski definition) is 5. The molecule has 3 atom stereocenters. The van der Waals surface area contributed by atoms with Crippen molar-refractivity contribution < 1.29 is 28.3 Å². The Kier molecular flexibility index (Phi) is 5.44. The Morgan fingerprint density at radius 1 is 0.848 bits per heavy atom. The quantitative estimate of drug-likeness (QED) is 0.405. The van der Waals surface area contributed by atoms with Gasteiger partial charge in [-0.1, -0.05) is 12.8 Å². The summed E-state index contributed by atoms with van der Waals surface area (Å²) in [5, 5.41) is 0. The molecule has 2 heterocycles. The second-order valence-electron chi connectivity index (χ2n) is 8.81. The van der Waals surface area contributed by atoms with Crippen LogP contribution in [-0.4, -0.2) is 30.2 Å². The van der Waals surface area contributed by atoms with Gasteiger partial charge < -0.3 is 9.64 Å². The van der Waals surface area contributed by atoms with Crippen LogP contribution in [0.4, 0.5) is 15.8 Å². The zero-order valence-electron chi connectivity index (χ0n) is 17.9. The predicted molar refractivity (Wildman–Crippen MR) is 117 cm³/mol. The summed E-state index contributed by atoms with van der Waals surface area (Å²) < 4.78 is 18.6. The van der Waals surface area contributed by atoms with Gasteiger partial charge in [-0.25, -0.2) is 4.39 Å². The molecule has 0 radical (unpaired) electrons. The number of carbonyl (C=O) groups is 4. The zero-order chi connectivity index (χ0) is 23.1. The molecule has 0 bridgehead atoms. The Morgan fingerprint density at radius 3 is 2.03 bits per heavy atom. The van der Waals surface area contributed by atoms with Gasteiger partial charge in [-0.05, 0) is 61.4 Å². The number of anilines is 2. The Balaban J connectivity index is 1.24. The second-order valence-corrected chi connectivity index (χ2v) is 8.81. The maximum atomic E-state index is 13.1. The van der Waals surface area contributed by atoms with E-state index in [1.807, 2.05) is 0 Å². The Bertz CT molecular complexity index is 1090. The summed E-state index contributed by atoms with van der Waals surface area (Å²) in [6.45, 7) is 0.154. The summed E-state index contributed by atoms with van der Waals surface area (Å²) in [6, 6.07) is 11.8. The molecule has 3 amide bonds. The first kappa shape index (κ1) is 21.3. The lowest BCUT2D eigenvalue weighted by atomic mass is 9.81. The van der Waals surface area contributed by atoms with Crippen molar-refractivity contribution in [3.05, 3.63) is 54.3 Å². The molecule has 170 valence electrons. The number of halogens is 1. The van der Waals surface area contributed by atoms with Crippen LogP contribution >= 0.6 is 0 Å². The third-order valence-corrected chi connectivity index (χ3v) is 6.75. The lowest BCUT2D eigenvalue weighted by Crippen LogP contribution is -2.30. The van der Waals surface area contributed by atoms with E-state index in [1.54, 1.807) is 24.3 Å². The molecule has 0 spiro atoms. The van der Waals surface area contributed by atoms with Gasteiger partial charge >= 0.3 is 5.97 Å². The highest BCUT2D eigenvalue weighted by Gasteiger charge is 2.48. The van der Waals surface area contributed by atoms with E-state index in [0.717, 1.165) is 25.7 Å². The van der Waals surface area contributed by atoms with Crippen molar-refractivity contribution in [1.29, 1.82) is 0 Å². The highest BCUT2D eigenvalue weighted by Crippen LogP contribution is 2.40. The van der Waals surface area contributed by atoms with Crippen molar-refractivity contribution in [2.45, 2.75) is 32.1 Å². The highest BCUT2D eigenvalue weighted by atomic mass is 19.1. The summed E-state index contributed by atoms with van der Waals surface area (Å²) in [4.78, 5) is 53.2. The summed E-state index contributed by atoms with van der Waals surface area (Å²) in [5.41, 5.74) is 0.999. The van der Waals surface area contributed by atoms with Crippen LogP contribution in [0.5, 0.6) is 5.75 Å². The average Bonchev–Trinajstić information content (AvgIpc) is 3.33. The predicted octanol–water partition coefficient (Wildman–Crippen LogP) is 3.46. The first-order valence-electron chi connectivity index (χ1n) is 11.2. The van der Waals surface area contributed by atoms with Gasteiger partial charge in [-0.2, -0.15) is 0 Å². The number of hydrogen-bond donors (Lipinski definition) is 0. The minimum atomic E-state index is -0.646. The molecule has 5 rings (SSSR count). The molecule has 3 aliphatic rings. The molecule has 0 aromatic heterocycles. The van der Waals surface area contributed by atoms with Crippen LogP contribution in [0, 0.1) is 23.6 Å². The summed E-state index contributed by atoms with van der Waals surface area (Å²) in [6.07, 6.45) is 3.43. The van der Waals surface area contributed by atoms with E-state index in [4.69, 9.17) is 4.74 Å². The number of amides is 3. The average molecular weight is 450 g/mol. The van der Waals surface area contributed by atoms with Crippen LogP contribution in [0.3, 0.4) is 0 Å². The van der Waals surface area contributed by atoms with Crippen LogP contribution in [0.25, 0.3) is 0 Å². The number of nitrogens with zero attached hydrogens (tertiary/aromatic N) is 2. The molecule has 7 nitrogen and oxygen atoms in total. The molecule has 3 fully saturated rings. The van der Waals surface area contributed by atoms with Crippen molar-refractivity contribution in [3.63, 3.8) is 0 Å². The van der Waals surface area contributed by atoms with Gasteiger partial charge in [-0.15, -0.1) is 0 Å². The summed E-state index contributed by atoms with van der Waals surface area (Å²) in [5.74, 6) is -2.31. The largest absolute Gasteiger partial charge is 0.426 e. The fourth-order valence-electron chi connectivity index (χ4n) is 5.02. The van der Waals surface area contributed by atoms with E-state index in [9.17, 15) is 23.6 Å². The van der Waals surface area contributed by atoms with Gasteiger partial charge in [0, 0.05) is 18.7 Å². The Labute approximate surface area is 190 Å². The lowest BCUT2D eigenvalue weighted by molar-refractivity contribution is -0.139.